The highest BCUT2D eigenvalue weighted by Gasteiger charge is 2.30. The van der Waals surface area contributed by atoms with E-state index in [1.165, 1.54) is 24.3 Å². The summed E-state index contributed by atoms with van der Waals surface area (Å²) in [6.07, 6.45) is 3.24. The van der Waals surface area contributed by atoms with Gasteiger partial charge in [0.2, 0.25) is 5.91 Å². The highest BCUT2D eigenvalue weighted by molar-refractivity contribution is 5.96. The Morgan fingerprint density at radius 1 is 1.24 bits per heavy atom. The lowest BCUT2D eigenvalue weighted by molar-refractivity contribution is -0.128. The summed E-state index contributed by atoms with van der Waals surface area (Å²) < 4.78 is 18.7. The number of piperidine rings is 1. The molecular weight excluding hydrogens is 375 g/mol. The molecule has 0 saturated carbocycles. The van der Waals surface area contributed by atoms with E-state index >= 15 is 0 Å². The minimum Gasteiger partial charge on any atom is -0.478 e. The van der Waals surface area contributed by atoms with E-state index < -0.39 is 5.60 Å². The van der Waals surface area contributed by atoms with Crippen LogP contribution in [0.3, 0.4) is 0 Å². The van der Waals surface area contributed by atoms with E-state index in [4.69, 9.17) is 10.5 Å². The number of benzene rings is 1. The van der Waals surface area contributed by atoms with Crippen LogP contribution in [0, 0.1) is 11.7 Å². The lowest BCUT2D eigenvalue weighted by Crippen LogP contribution is -2.42. The van der Waals surface area contributed by atoms with Crippen molar-refractivity contribution < 1.29 is 18.7 Å². The third-order valence-corrected chi connectivity index (χ3v) is 4.89. The smallest absolute Gasteiger partial charge is 0.268 e. The number of nitrogens with zero attached hydrogens (tertiary/aromatic N) is 2. The van der Waals surface area contributed by atoms with Gasteiger partial charge in [0.05, 0.1) is 17.8 Å². The van der Waals surface area contributed by atoms with Crippen LogP contribution in [0.4, 0.5) is 15.9 Å². The molecular formula is C21H25FN4O3. The number of hydrogen-bond acceptors (Lipinski definition) is 5. The second-order valence-electron chi connectivity index (χ2n) is 7.61. The van der Waals surface area contributed by atoms with Crippen molar-refractivity contribution in [2.45, 2.75) is 32.3 Å². The molecule has 1 fully saturated rings. The number of pyridine rings is 1. The lowest BCUT2D eigenvalue weighted by Gasteiger charge is -2.32. The standard InChI is InChI=1S/C21H25FN4O3/c1-21(2,29-17-8-5-15(22)6-9-17)20(28)25-16-7-10-18(24-12-16)26-11-3-4-14(13-26)19(23)27/h5-10,12,14H,3-4,11,13H2,1-2H3,(H2,23,27)(H,25,28). The normalized spacial score (nSPS) is 16.9. The van der Waals surface area contributed by atoms with Crippen LogP contribution in [0.1, 0.15) is 26.7 Å². The summed E-state index contributed by atoms with van der Waals surface area (Å²) in [4.78, 5) is 30.5. The molecule has 2 amide bonds. The number of nitrogens with two attached hydrogens (primary N) is 1. The van der Waals surface area contributed by atoms with E-state index in [2.05, 4.69) is 10.3 Å². The van der Waals surface area contributed by atoms with Gasteiger partial charge in [-0.3, -0.25) is 9.59 Å². The second-order valence-corrected chi connectivity index (χ2v) is 7.61. The largest absolute Gasteiger partial charge is 0.478 e. The molecule has 7 nitrogen and oxygen atoms in total. The maximum Gasteiger partial charge on any atom is 0.268 e. The summed E-state index contributed by atoms with van der Waals surface area (Å²) in [5, 5.41) is 2.78. The highest BCUT2D eigenvalue weighted by atomic mass is 19.1. The Balaban J connectivity index is 1.61. The maximum absolute atomic E-state index is 13.0. The minimum absolute atomic E-state index is 0.172. The van der Waals surface area contributed by atoms with Crippen LogP contribution in [0.5, 0.6) is 5.75 Å². The van der Waals surface area contributed by atoms with Crippen LogP contribution in [0.25, 0.3) is 0 Å². The van der Waals surface area contributed by atoms with Gasteiger partial charge in [-0.1, -0.05) is 0 Å². The maximum atomic E-state index is 13.0. The third-order valence-electron chi connectivity index (χ3n) is 4.89. The minimum atomic E-state index is -1.17. The number of anilines is 2. The molecule has 1 aliphatic rings. The van der Waals surface area contributed by atoms with E-state index in [0.717, 1.165) is 25.2 Å². The monoisotopic (exact) mass is 400 g/mol. The summed E-state index contributed by atoms with van der Waals surface area (Å²) in [5.74, 6) is -0.0639. The fraction of sp³-hybridized carbons (Fsp3) is 0.381. The summed E-state index contributed by atoms with van der Waals surface area (Å²) >= 11 is 0. The van der Waals surface area contributed by atoms with Gasteiger partial charge in [0, 0.05) is 13.1 Å². The van der Waals surface area contributed by atoms with Gasteiger partial charge < -0.3 is 20.7 Å². The summed E-state index contributed by atoms with van der Waals surface area (Å²) in [5.41, 5.74) is 4.78. The first-order valence-electron chi connectivity index (χ1n) is 9.51. The van der Waals surface area contributed by atoms with Gasteiger partial charge in [0.1, 0.15) is 17.4 Å². The quantitative estimate of drug-likeness (QED) is 0.777. The van der Waals surface area contributed by atoms with Crippen LogP contribution < -0.4 is 20.7 Å². The molecule has 1 aliphatic heterocycles. The SMILES string of the molecule is CC(C)(Oc1ccc(F)cc1)C(=O)Nc1ccc(N2CCCC(C(N)=O)C2)nc1. The Hall–Kier alpha value is -3.16. The first-order valence-corrected chi connectivity index (χ1v) is 9.51. The highest BCUT2D eigenvalue weighted by Crippen LogP contribution is 2.24. The number of halogens is 1. The summed E-state index contributed by atoms with van der Waals surface area (Å²) in [7, 11) is 0. The topological polar surface area (TPSA) is 97.5 Å². The number of rotatable bonds is 6. The fourth-order valence-corrected chi connectivity index (χ4v) is 3.19. The molecule has 1 unspecified atom stereocenters. The number of hydrogen-bond donors (Lipinski definition) is 2. The van der Waals surface area contributed by atoms with E-state index in [-0.39, 0.29) is 23.5 Å². The van der Waals surface area contributed by atoms with Crippen molar-refractivity contribution in [2.24, 2.45) is 11.7 Å². The van der Waals surface area contributed by atoms with E-state index in [1.54, 1.807) is 32.2 Å². The number of ether oxygens (including phenoxy) is 1. The molecule has 1 atom stereocenters. The summed E-state index contributed by atoms with van der Waals surface area (Å²) in [6.45, 7) is 4.62. The van der Waals surface area contributed by atoms with Crippen molar-refractivity contribution in [3.63, 3.8) is 0 Å². The molecule has 1 aromatic carbocycles. The van der Waals surface area contributed by atoms with Crippen molar-refractivity contribution in [1.29, 1.82) is 0 Å². The zero-order chi connectivity index (χ0) is 21.0. The zero-order valence-electron chi connectivity index (χ0n) is 16.5. The zero-order valence-corrected chi connectivity index (χ0v) is 16.5. The van der Waals surface area contributed by atoms with Gasteiger partial charge in [-0.15, -0.1) is 0 Å². The van der Waals surface area contributed by atoms with Crippen molar-refractivity contribution in [3.8, 4) is 5.75 Å². The molecule has 0 spiro atoms. The predicted octanol–water partition coefficient (Wildman–Crippen LogP) is 2.72. The Labute approximate surface area is 169 Å². The molecule has 0 radical (unpaired) electrons. The second kappa shape index (κ2) is 8.46. The molecule has 1 aromatic heterocycles. The molecule has 2 heterocycles. The van der Waals surface area contributed by atoms with Gasteiger partial charge in [-0.05, 0) is 63.1 Å². The van der Waals surface area contributed by atoms with Crippen LogP contribution >= 0.6 is 0 Å². The van der Waals surface area contributed by atoms with Crippen LogP contribution in [-0.2, 0) is 9.59 Å². The molecule has 3 N–H and O–H groups in total. The number of carbonyl (C=O) groups is 2. The Morgan fingerprint density at radius 3 is 2.59 bits per heavy atom. The molecule has 29 heavy (non-hydrogen) atoms. The van der Waals surface area contributed by atoms with Crippen molar-refractivity contribution in [1.82, 2.24) is 4.98 Å². The first-order chi connectivity index (χ1) is 13.7. The summed E-state index contributed by atoms with van der Waals surface area (Å²) in [6, 6.07) is 9.04. The first kappa shape index (κ1) is 20.6. The van der Waals surface area contributed by atoms with Gasteiger partial charge >= 0.3 is 0 Å². The molecule has 154 valence electrons. The fourth-order valence-electron chi connectivity index (χ4n) is 3.19. The van der Waals surface area contributed by atoms with Crippen LogP contribution in [0.2, 0.25) is 0 Å². The van der Waals surface area contributed by atoms with Crippen molar-refractivity contribution in [3.05, 3.63) is 48.4 Å². The lowest BCUT2D eigenvalue weighted by atomic mass is 9.97. The third kappa shape index (κ3) is 5.22. The number of primary amides is 1. The Morgan fingerprint density at radius 2 is 1.97 bits per heavy atom. The van der Waals surface area contributed by atoms with Gasteiger partial charge in [-0.2, -0.15) is 0 Å². The average molecular weight is 400 g/mol. The average Bonchev–Trinajstić information content (AvgIpc) is 2.70. The molecule has 3 rings (SSSR count). The van der Waals surface area contributed by atoms with Crippen molar-refractivity contribution in [2.75, 3.05) is 23.3 Å². The molecule has 2 aromatic rings. The predicted molar refractivity (Wildman–Crippen MR) is 108 cm³/mol. The van der Waals surface area contributed by atoms with Crippen LogP contribution in [0.15, 0.2) is 42.6 Å². The number of amides is 2. The number of nitrogens with one attached hydrogen (secondary N) is 1. The van der Waals surface area contributed by atoms with E-state index in [9.17, 15) is 14.0 Å². The van der Waals surface area contributed by atoms with Gasteiger partial charge in [-0.25, -0.2) is 9.37 Å². The van der Waals surface area contributed by atoms with Crippen molar-refractivity contribution >= 4 is 23.3 Å². The molecule has 0 bridgehead atoms. The van der Waals surface area contributed by atoms with Gasteiger partial charge in [0.25, 0.3) is 5.91 Å². The molecule has 1 saturated heterocycles. The Bertz CT molecular complexity index is 868. The van der Waals surface area contributed by atoms with Crippen LogP contribution in [-0.4, -0.2) is 35.5 Å². The molecule has 8 heteroatoms. The Kier molecular flexibility index (Phi) is 6.00. The molecule has 0 aliphatic carbocycles. The van der Waals surface area contributed by atoms with E-state index in [1.807, 2.05) is 4.90 Å². The number of aromatic nitrogens is 1. The van der Waals surface area contributed by atoms with Gasteiger partial charge in [0.15, 0.2) is 5.60 Å². The number of carbonyl (C=O) groups excluding carboxylic acids is 2. The van der Waals surface area contributed by atoms with E-state index in [0.29, 0.717) is 18.0 Å².